The van der Waals surface area contributed by atoms with Crippen molar-refractivity contribution in [1.29, 1.82) is 0 Å². The van der Waals surface area contributed by atoms with Gasteiger partial charge in [-0.25, -0.2) is 8.42 Å². The maximum atomic E-state index is 12.9. The van der Waals surface area contributed by atoms with Crippen LogP contribution < -0.4 is 4.74 Å². The van der Waals surface area contributed by atoms with Crippen LogP contribution in [0.1, 0.15) is 29.8 Å². The monoisotopic (exact) mass is 478 g/mol. The number of alkyl halides is 3. The van der Waals surface area contributed by atoms with Gasteiger partial charge in [0.05, 0.1) is 15.5 Å². The molecular weight excluding hydrogens is 457 g/mol. The third-order valence-corrected chi connectivity index (χ3v) is 6.81. The summed E-state index contributed by atoms with van der Waals surface area (Å²) in [5, 5.41) is 0.0873. The molecule has 0 heterocycles. The normalized spacial score (nSPS) is 12.1. The van der Waals surface area contributed by atoms with Crippen LogP contribution in [0, 0.1) is 0 Å². The van der Waals surface area contributed by atoms with E-state index in [4.69, 9.17) is 11.6 Å². The molecule has 2 aromatic carbocycles. The Bertz CT molecular complexity index is 1020. The van der Waals surface area contributed by atoms with Gasteiger partial charge in [0.2, 0.25) is 10.0 Å². The number of ether oxygens (including phenoxy) is 1. The molecule has 11 heteroatoms. The van der Waals surface area contributed by atoms with Crippen molar-refractivity contribution in [2.24, 2.45) is 0 Å². The molecule has 0 radical (unpaired) electrons. The van der Waals surface area contributed by atoms with Crippen LogP contribution in [0.3, 0.4) is 0 Å². The highest BCUT2D eigenvalue weighted by Crippen LogP contribution is 2.26. The first-order valence-corrected chi connectivity index (χ1v) is 11.1. The Balaban J connectivity index is 2.22. The molecule has 0 aliphatic rings. The number of nitrogens with zero attached hydrogens (tertiary/aromatic N) is 2. The number of carbonyl (C=O) groups excluding carboxylic acids is 1. The summed E-state index contributed by atoms with van der Waals surface area (Å²) in [4.78, 5) is 14.1. The second kappa shape index (κ2) is 9.88. The maximum absolute atomic E-state index is 12.9. The Kier molecular flexibility index (Phi) is 7.96. The van der Waals surface area contributed by atoms with Gasteiger partial charge in [0.15, 0.2) is 0 Å². The third-order valence-electron chi connectivity index (χ3n) is 4.43. The molecule has 0 bridgehead atoms. The first-order valence-electron chi connectivity index (χ1n) is 9.29. The third kappa shape index (κ3) is 6.34. The molecule has 0 saturated heterocycles. The number of halogens is 4. The summed E-state index contributed by atoms with van der Waals surface area (Å²) in [6, 6.07) is 9.00. The summed E-state index contributed by atoms with van der Waals surface area (Å²) in [6.45, 7) is 4.04. The first kappa shape index (κ1) is 25.0. The van der Waals surface area contributed by atoms with Gasteiger partial charge < -0.3 is 9.64 Å². The number of hydrogen-bond donors (Lipinski definition) is 0. The highest BCUT2D eigenvalue weighted by Gasteiger charge is 2.31. The summed E-state index contributed by atoms with van der Waals surface area (Å²) >= 11 is 6.14. The van der Waals surface area contributed by atoms with Gasteiger partial charge >= 0.3 is 6.36 Å². The van der Waals surface area contributed by atoms with Gasteiger partial charge in [-0.3, -0.25) is 4.79 Å². The number of sulfonamides is 1. The van der Waals surface area contributed by atoms with E-state index in [0.717, 1.165) is 12.1 Å². The number of amides is 1. The van der Waals surface area contributed by atoms with Crippen molar-refractivity contribution in [1.82, 2.24) is 9.21 Å². The highest BCUT2D eigenvalue weighted by molar-refractivity contribution is 7.89. The average Bonchev–Trinajstić information content (AvgIpc) is 2.68. The van der Waals surface area contributed by atoms with Crippen LogP contribution in [-0.2, 0) is 16.6 Å². The van der Waals surface area contributed by atoms with Gasteiger partial charge in [-0.2, -0.15) is 4.31 Å². The lowest BCUT2D eigenvalue weighted by atomic mass is 10.1. The van der Waals surface area contributed by atoms with Crippen molar-refractivity contribution >= 4 is 27.5 Å². The van der Waals surface area contributed by atoms with Gasteiger partial charge in [0, 0.05) is 26.7 Å². The second-order valence-electron chi connectivity index (χ2n) is 6.58. The molecule has 1 amide bonds. The molecule has 31 heavy (non-hydrogen) atoms. The van der Waals surface area contributed by atoms with Crippen LogP contribution in [0.25, 0.3) is 0 Å². The van der Waals surface area contributed by atoms with Crippen LogP contribution in [0.5, 0.6) is 5.75 Å². The van der Waals surface area contributed by atoms with Crippen LogP contribution in [0.15, 0.2) is 47.4 Å². The van der Waals surface area contributed by atoms with Gasteiger partial charge in [0.25, 0.3) is 5.91 Å². The molecule has 170 valence electrons. The Hall–Kier alpha value is -2.30. The zero-order valence-electron chi connectivity index (χ0n) is 17.1. The molecule has 0 aromatic heterocycles. The van der Waals surface area contributed by atoms with E-state index in [1.165, 1.54) is 46.6 Å². The molecular formula is C20H22ClF3N2O4S. The fourth-order valence-electron chi connectivity index (χ4n) is 2.89. The number of carbonyl (C=O) groups is 1. The van der Waals surface area contributed by atoms with Crippen LogP contribution in [-0.4, -0.2) is 50.0 Å². The summed E-state index contributed by atoms with van der Waals surface area (Å²) in [7, 11) is -2.30. The van der Waals surface area contributed by atoms with E-state index in [1.54, 1.807) is 13.8 Å². The minimum absolute atomic E-state index is 0.00872. The minimum Gasteiger partial charge on any atom is -0.406 e. The molecule has 0 spiro atoms. The summed E-state index contributed by atoms with van der Waals surface area (Å²) in [6.07, 6.45) is -4.79. The Labute approximate surface area is 184 Å². The minimum atomic E-state index is -4.79. The summed E-state index contributed by atoms with van der Waals surface area (Å²) in [5.74, 6) is -0.903. The van der Waals surface area contributed by atoms with Crippen molar-refractivity contribution in [2.45, 2.75) is 31.7 Å². The maximum Gasteiger partial charge on any atom is 0.573 e. The van der Waals surface area contributed by atoms with Crippen molar-refractivity contribution in [2.75, 3.05) is 20.1 Å². The van der Waals surface area contributed by atoms with Crippen molar-refractivity contribution in [3.8, 4) is 5.75 Å². The van der Waals surface area contributed by atoms with Gasteiger partial charge in [-0.05, 0) is 35.9 Å². The number of benzene rings is 2. The summed E-state index contributed by atoms with van der Waals surface area (Å²) < 4.78 is 67.3. The molecule has 0 atom stereocenters. The molecule has 0 fully saturated rings. The van der Waals surface area contributed by atoms with E-state index < -0.39 is 22.3 Å². The zero-order valence-corrected chi connectivity index (χ0v) is 18.7. The fraction of sp³-hybridized carbons (Fsp3) is 0.350. The van der Waals surface area contributed by atoms with Crippen molar-refractivity contribution in [3.63, 3.8) is 0 Å². The van der Waals surface area contributed by atoms with Gasteiger partial charge in [0.1, 0.15) is 5.75 Å². The van der Waals surface area contributed by atoms with Crippen molar-refractivity contribution in [3.05, 3.63) is 58.6 Å². The standard InChI is InChI=1S/C20H22ClF3N2O4S/c1-4-26(5-2)31(28,29)16-10-11-18(21)17(12-16)19(27)25(3)13-14-6-8-15(9-7-14)30-20(22,23)24/h6-12H,4-5,13H2,1-3H3. The molecule has 0 N–H and O–H groups in total. The predicted octanol–water partition coefficient (Wildman–Crippen LogP) is 4.54. The number of rotatable bonds is 8. The zero-order chi connectivity index (χ0) is 23.4. The highest BCUT2D eigenvalue weighted by atomic mass is 35.5. The quantitative estimate of drug-likeness (QED) is 0.558. The fourth-order valence-corrected chi connectivity index (χ4v) is 4.57. The largest absolute Gasteiger partial charge is 0.573 e. The topological polar surface area (TPSA) is 66.9 Å². The van der Waals surface area contributed by atoms with E-state index in [2.05, 4.69) is 4.74 Å². The molecule has 0 aliphatic carbocycles. The van der Waals surface area contributed by atoms with E-state index in [1.807, 2.05) is 0 Å². The number of hydrogen-bond acceptors (Lipinski definition) is 4. The summed E-state index contributed by atoms with van der Waals surface area (Å²) in [5.41, 5.74) is 0.558. The smallest absolute Gasteiger partial charge is 0.406 e. The Morgan fingerprint density at radius 3 is 2.16 bits per heavy atom. The van der Waals surface area contributed by atoms with Gasteiger partial charge in [-0.1, -0.05) is 37.6 Å². The lowest BCUT2D eigenvalue weighted by Crippen LogP contribution is -2.31. The lowest BCUT2D eigenvalue weighted by molar-refractivity contribution is -0.274. The van der Waals surface area contributed by atoms with Crippen LogP contribution in [0.4, 0.5) is 13.2 Å². The first-order chi connectivity index (χ1) is 14.4. The SMILES string of the molecule is CCN(CC)S(=O)(=O)c1ccc(Cl)c(C(=O)N(C)Cc2ccc(OC(F)(F)F)cc2)c1. The predicted molar refractivity (Wildman–Crippen MR) is 110 cm³/mol. The molecule has 0 saturated carbocycles. The lowest BCUT2D eigenvalue weighted by Gasteiger charge is -2.21. The van der Waals surface area contributed by atoms with E-state index in [0.29, 0.717) is 5.56 Å². The molecule has 2 rings (SSSR count). The molecule has 6 nitrogen and oxygen atoms in total. The second-order valence-corrected chi connectivity index (χ2v) is 8.93. The molecule has 2 aromatic rings. The molecule has 0 unspecified atom stereocenters. The molecule has 0 aliphatic heterocycles. The van der Waals surface area contributed by atoms with E-state index in [9.17, 15) is 26.4 Å². The van der Waals surface area contributed by atoms with E-state index >= 15 is 0 Å². The van der Waals surface area contributed by atoms with E-state index in [-0.39, 0.29) is 40.9 Å². The Morgan fingerprint density at radius 2 is 1.65 bits per heavy atom. The van der Waals surface area contributed by atoms with Crippen LogP contribution in [0.2, 0.25) is 5.02 Å². The van der Waals surface area contributed by atoms with Crippen molar-refractivity contribution < 1.29 is 31.1 Å². The average molecular weight is 479 g/mol. The van der Waals surface area contributed by atoms with Crippen LogP contribution >= 0.6 is 11.6 Å². The van der Waals surface area contributed by atoms with Gasteiger partial charge in [-0.15, -0.1) is 13.2 Å². The Morgan fingerprint density at radius 1 is 1.06 bits per heavy atom.